The molecule has 2 aromatic heterocycles. The van der Waals surface area contributed by atoms with Crippen LogP contribution in [0.25, 0.3) is 22.4 Å². The van der Waals surface area contributed by atoms with Gasteiger partial charge in [-0.25, -0.2) is 14.2 Å². The molecule has 1 aliphatic heterocycles. The number of pyridine rings is 1. The molecule has 2 N–H and O–H groups in total. The first-order valence-corrected chi connectivity index (χ1v) is 15.0. The molecule has 0 saturated carbocycles. The third-order valence-corrected chi connectivity index (χ3v) is 9.32. The number of aliphatic carboxylic acids is 1. The molecule has 1 fully saturated rings. The molecule has 1 aliphatic carbocycles. The van der Waals surface area contributed by atoms with Crippen LogP contribution in [0.15, 0.2) is 52.2 Å². The minimum Gasteiger partial charge on any atom is -0.481 e. The molecular weight excluding hydrogens is 617 g/mol. The van der Waals surface area contributed by atoms with Gasteiger partial charge in [-0.15, -0.1) is 0 Å². The fourth-order valence-electron chi connectivity index (χ4n) is 6.36. The normalized spacial score (nSPS) is 16.2. The molecule has 2 aliphatic rings. The highest BCUT2D eigenvalue weighted by atomic mass is 35.5. The minimum atomic E-state index is -0.796. The summed E-state index contributed by atoms with van der Waals surface area (Å²) in [7, 11) is 4.26. The van der Waals surface area contributed by atoms with Crippen LogP contribution in [0.2, 0.25) is 5.02 Å². The number of likely N-dealkylation sites (tertiary alicyclic amines) is 1. The van der Waals surface area contributed by atoms with Crippen molar-refractivity contribution in [3.63, 3.8) is 0 Å². The van der Waals surface area contributed by atoms with E-state index in [4.69, 9.17) is 21.3 Å². The number of methoxy groups -OCH3 is 1. The van der Waals surface area contributed by atoms with Crippen molar-refractivity contribution in [3.8, 4) is 28.3 Å². The van der Waals surface area contributed by atoms with Gasteiger partial charge < -0.3 is 19.7 Å². The van der Waals surface area contributed by atoms with E-state index in [-0.39, 0.29) is 28.1 Å². The lowest BCUT2D eigenvalue weighted by molar-refractivity contribution is -0.148. The monoisotopic (exact) mass is 647 g/mol. The van der Waals surface area contributed by atoms with E-state index in [0.29, 0.717) is 47.0 Å². The molecule has 4 aromatic rings. The molecular formula is C33H31ClFN5O6. The lowest BCUT2D eigenvalue weighted by Crippen LogP contribution is -2.51. The van der Waals surface area contributed by atoms with Gasteiger partial charge in [-0.2, -0.15) is 0 Å². The molecule has 3 heterocycles. The maximum Gasteiger partial charge on any atom is 0.330 e. The first-order valence-electron chi connectivity index (χ1n) is 14.6. The molecule has 1 amide bonds. The Labute approximate surface area is 267 Å². The highest BCUT2D eigenvalue weighted by Gasteiger charge is 2.41. The number of carboxylic acids is 1. The summed E-state index contributed by atoms with van der Waals surface area (Å²) in [5, 5.41) is 12.1. The van der Waals surface area contributed by atoms with E-state index < -0.39 is 28.9 Å². The number of rotatable bonds is 7. The van der Waals surface area contributed by atoms with Crippen molar-refractivity contribution < 1.29 is 23.8 Å². The Morgan fingerprint density at radius 1 is 1.13 bits per heavy atom. The van der Waals surface area contributed by atoms with Gasteiger partial charge in [-0.1, -0.05) is 23.7 Å². The first kappa shape index (κ1) is 31.2. The van der Waals surface area contributed by atoms with Crippen molar-refractivity contribution in [3.05, 3.63) is 96.5 Å². The second-order valence-electron chi connectivity index (χ2n) is 11.6. The number of hydrogen-bond acceptors (Lipinski definition) is 7. The van der Waals surface area contributed by atoms with Crippen LogP contribution < -0.4 is 21.3 Å². The van der Waals surface area contributed by atoms with Gasteiger partial charge >= 0.3 is 11.7 Å². The predicted molar refractivity (Wildman–Crippen MR) is 170 cm³/mol. The minimum absolute atomic E-state index is 0.00269. The SMILES string of the molecule is COc1nc(-c2ccc(F)c(-c3cccc(NC(=O)c4cn(C)c(=O)n(C)c4=O)c3C)c2Cl)cc2c1[C@H](N1CC(C(=O)O)C1)CC2. The fourth-order valence-corrected chi connectivity index (χ4v) is 6.71. The fraction of sp³-hybridized carbons (Fsp3) is 0.303. The van der Waals surface area contributed by atoms with Gasteiger partial charge in [0.1, 0.15) is 11.4 Å². The number of aryl methyl sites for hydroxylation is 2. The summed E-state index contributed by atoms with van der Waals surface area (Å²) in [6.07, 6.45) is 2.72. The molecule has 46 heavy (non-hydrogen) atoms. The van der Waals surface area contributed by atoms with Gasteiger partial charge in [-0.3, -0.25) is 23.9 Å². The molecule has 11 nitrogen and oxygen atoms in total. The summed E-state index contributed by atoms with van der Waals surface area (Å²) in [5.74, 6) is -2.06. The average Bonchev–Trinajstić information content (AvgIpc) is 3.41. The maximum absolute atomic E-state index is 15.5. The highest BCUT2D eigenvalue weighted by molar-refractivity contribution is 6.36. The average molecular weight is 648 g/mol. The molecule has 0 bridgehead atoms. The Kier molecular flexibility index (Phi) is 8.03. The van der Waals surface area contributed by atoms with E-state index in [9.17, 15) is 24.3 Å². The number of amides is 1. The van der Waals surface area contributed by atoms with Crippen LogP contribution in [-0.2, 0) is 25.3 Å². The van der Waals surface area contributed by atoms with Crippen LogP contribution in [0.4, 0.5) is 10.1 Å². The number of halogens is 2. The summed E-state index contributed by atoms with van der Waals surface area (Å²) in [5.41, 5.74) is 2.78. The molecule has 238 valence electrons. The highest BCUT2D eigenvalue weighted by Crippen LogP contribution is 2.46. The zero-order chi connectivity index (χ0) is 33.0. The zero-order valence-corrected chi connectivity index (χ0v) is 26.3. The number of hydrogen-bond donors (Lipinski definition) is 2. The van der Waals surface area contributed by atoms with Crippen LogP contribution in [0.5, 0.6) is 5.88 Å². The summed E-state index contributed by atoms with van der Waals surface area (Å²) in [6.45, 7) is 2.64. The Morgan fingerprint density at radius 2 is 1.87 bits per heavy atom. The van der Waals surface area contributed by atoms with E-state index >= 15 is 4.39 Å². The number of ether oxygens (including phenoxy) is 1. The summed E-state index contributed by atoms with van der Waals surface area (Å²) >= 11 is 6.93. The molecule has 6 rings (SSSR count). The summed E-state index contributed by atoms with van der Waals surface area (Å²) in [6, 6.07) is 9.74. The third kappa shape index (κ3) is 5.17. The number of nitrogens with zero attached hydrogens (tertiary/aromatic N) is 4. The first-order chi connectivity index (χ1) is 21.9. The molecule has 1 saturated heterocycles. The van der Waals surface area contributed by atoms with Crippen molar-refractivity contribution in [2.75, 3.05) is 25.5 Å². The van der Waals surface area contributed by atoms with Gasteiger partial charge in [-0.05, 0) is 60.7 Å². The van der Waals surface area contributed by atoms with Gasteiger partial charge in [0.15, 0.2) is 0 Å². The standard InChI is InChI=1S/C33H31ClFN5O6/c1-16-19(6-5-7-23(16)36-29(41)21-15-38(2)33(45)39(3)31(21)42)27-22(35)10-9-20(28(27)34)24-12-17-8-11-25(26(17)30(37-24)46-4)40-13-18(14-40)32(43)44/h5-7,9-10,12,15,18,25H,8,11,13-14H2,1-4H3,(H,36,41)(H,43,44)/t25-/m1/s1. The third-order valence-electron chi connectivity index (χ3n) is 8.93. The van der Waals surface area contributed by atoms with Gasteiger partial charge in [0.2, 0.25) is 5.88 Å². The Balaban J connectivity index is 1.35. The van der Waals surface area contributed by atoms with E-state index in [1.165, 1.54) is 33.5 Å². The van der Waals surface area contributed by atoms with E-state index in [0.717, 1.165) is 33.1 Å². The topological polar surface area (TPSA) is 136 Å². The number of carboxylic acid groups (broad SMARTS) is 1. The number of fused-ring (bicyclic) bond motifs is 1. The zero-order valence-electron chi connectivity index (χ0n) is 25.6. The second-order valence-corrected chi connectivity index (χ2v) is 12.0. The van der Waals surface area contributed by atoms with E-state index in [2.05, 4.69) is 10.2 Å². The van der Waals surface area contributed by atoms with Crippen molar-refractivity contribution in [2.24, 2.45) is 20.0 Å². The van der Waals surface area contributed by atoms with Gasteiger partial charge in [0, 0.05) is 61.8 Å². The Morgan fingerprint density at radius 3 is 2.57 bits per heavy atom. The predicted octanol–water partition coefficient (Wildman–Crippen LogP) is 4.18. The van der Waals surface area contributed by atoms with Crippen molar-refractivity contribution >= 4 is 29.2 Å². The van der Waals surface area contributed by atoms with Crippen LogP contribution in [-0.4, -0.2) is 56.2 Å². The molecule has 13 heteroatoms. The van der Waals surface area contributed by atoms with E-state index in [1.807, 2.05) is 6.07 Å². The Hall–Kier alpha value is -4.81. The number of benzene rings is 2. The lowest BCUT2D eigenvalue weighted by atomic mass is 9.94. The molecule has 0 spiro atoms. The molecule has 2 aromatic carbocycles. The largest absolute Gasteiger partial charge is 0.481 e. The second kappa shape index (κ2) is 11.8. The molecule has 0 radical (unpaired) electrons. The van der Waals surface area contributed by atoms with Crippen molar-refractivity contribution in [1.82, 2.24) is 19.0 Å². The van der Waals surface area contributed by atoms with Crippen LogP contribution in [0.1, 0.15) is 39.5 Å². The number of aromatic nitrogens is 3. The maximum atomic E-state index is 15.5. The quantitative estimate of drug-likeness (QED) is 0.305. The van der Waals surface area contributed by atoms with Crippen molar-refractivity contribution in [2.45, 2.75) is 25.8 Å². The Bertz CT molecular complexity index is 2050. The smallest absolute Gasteiger partial charge is 0.330 e. The van der Waals surface area contributed by atoms with Crippen molar-refractivity contribution in [1.29, 1.82) is 0 Å². The summed E-state index contributed by atoms with van der Waals surface area (Å²) in [4.78, 5) is 56.0. The lowest BCUT2D eigenvalue weighted by Gasteiger charge is -2.41. The van der Waals surface area contributed by atoms with Crippen LogP contribution >= 0.6 is 11.6 Å². The number of anilines is 1. The van der Waals surface area contributed by atoms with Crippen LogP contribution in [0.3, 0.4) is 0 Å². The van der Waals surface area contributed by atoms with E-state index in [1.54, 1.807) is 31.2 Å². The van der Waals surface area contributed by atoms with Gasteiger partial charge in [0.05, 0.1) is 23.7 Å². The van der Waals surface area contributed by atoms with Crippen LogP contribution in [0, 0.1) is 18.7 Å². The molecule has 0 unspecified atom stereocenters. The number of carbonyl (C=O) groups excluding carboxylic acids is 1. The van der Waals surface area contributed by atoms with Gasteiger partial charge in [0.25, 0.3) is 11.5 Å². The number of carbonyl (C=O) groups is 2. The summed E-state index contributed by atoms with van der Waals surface area (Å²) < 4.78 is 23.2. The molecule has 1 atom stereocenters. The number of nitrogens with one attached hydrogen (secondary N) is 1.